The molecule has 1 amide bonds. The number of nitrogens with zero attached hydrogens (tertiary/aromatic N) is 1. The van der Waals surface area contributed by atoms with Crippen molar-refractivity contribution >= 4 is 33.0 Å². The van der Waals surface area contributed by atoms with Gasteiger partial charge in [-0.25, -0.2) is 8.42 Å². The second-order valence-electron chi connectivity index (χ2n) is 6.40. The lowest BCUT2D eigenvalue weighted by molar-refractivity contribution is -0.123. The van der Waals surface area contributed by atoms with Gasteiger partial charge in [-0.05, 0) is 55.6 Å². The van der Waals surface area contributed by atoms with Crippen molar-refractivity contribution in [1.82, 2.24) is 5.32 Å². The topological polar surface area (TPSA) is 88.9 Å². The molecule has 0 aliphatic heterocycles. The number of ether oxygens (including phenoxy) is 1. The maximum Gasteiger partial charge on any atom is 0.273 e. The summed E-state index contributed by atoms with van der Waals surface area (Å²) in [7, 11) is -2.09. The summed E-state index contributed by atoms with van der Waals surface area (Å²) in [6.45, 7) is 3.94. The Morgan fingerprint density at radius 2 is 1.93 bits per heavy atom. The number of nitrogens with one attached hydrogen (secondary N) is 1. The van der Waals surface area contributed by atoms with Crippen molar-refractivity contribution in [2.24, 2.45) is 0 Å². The van der Waals surface area contributed by atoms with Crippen LogP contribution in [0.3, 0.4) is 0 Å². The van der Waals surface area contributed by atoms with Gasteiger partial charge in [-0.1, -0.05) is 6.07 Å². The van der Waals surface area contributed by atoms with E-state index in [1.54, 1.807) is 41.8 Å². The third kappa shape index (κ3) is 4.99. The number of sulfonamides is 1. The summed E-state index contributed by atoms with van der Waals surface area (Å²) in [5.74, 6) is 1.79. The van der Waals surface area contributed by atoms with Crippen LogP contribution in [-0.4, -0.2) is 28.0 Å². The monoisotopic (exact) mass is 434 g/mol. The van der Waals surface area contributed by atoms with Crippen molar-refractivity contribution in [2.75, 3.05) is 18.0 Å². The summed E-state index contributed by atoms with van der Waals surface area (Å²) in [6.07, 6.45) is 0. The number of furan rings is 1. The van der Waals surface area contributed by atoms with Gasteiger partial charge in [-0.15, -0.1) is 11.3 Å². The summed E-state index contributed by atoms with van der Waals surface area (Å²) in [5.41, 5.74) is 1.43. The highest BCUT2D eigenvalue weighted by atomic mass is 32.2. The molecule has 154 valence electrons. The van der Waals surface area contributed by atoms with E-state index in [-0.39, 0.29) is 16.7 Å². The molecule has 0 radical (unpaired) electrons. The Kier molecular flexibility index (Phi) is 6.29. The van der Waals surface area contributed by atoms with Crippen LogP contribution in [0, 0.1) is 13.8 Å². The molecule has 3 aromatic rings. The number of benzene rings is 1. The third-order valence-corrected chi connectivity index (χ3v) is 7.46. The second kappa shape index (κ2) is 8.71. The smallest absolute Gasteiger partial charge is 0.273 e. The lowest BCUT2D eigenvalue weighted by Crippen LogP contribution is -2.28. The van der Waals surface area contributed by atoms with E-state index in [9.17, 15) is 13.2 Å². The molecule has 29 heavy (non-hydrogen) atoms. The largest absolute Gasteiger partial charge is 0.484 e. The number of anilines is 1. The minimum absolute atomic E-state index is 0.140. The van der Waals surface area contributed by atoms with Gasteiger partial charge in [0.15, 0.2) is 6.61 Å². The van der Waals surface area contributed by atoms with Crippen LogP contribution in [0.5, 0.6) is 5.75 Å². The van der Waals surface area contributed by atoms with E-state index in [4.69, 9.17) is 9.15 Å². The number of thiophene rings is 1. The lowest BCUT2D eigenvalue weighted by Gasteiger charge is -2.18. The SMILES string of the molecule is Cc1cc(CNC(=O)COc2ccc(N(C)S(=O)(=O)c3cccs3)cc2)c(C)o1. The maximum atomic E-state index is 12.6. The van der Waals surface area contributed by atoms with Crippen molar-refractivity contribution < 1.29 is 22.4 Å². The van der Waals surface area contributed by atoms with Gasteiger partial charge < -0.3 is 14.5 Å². The van der Waals surface area contributed by atoms with Crippen LogP contribution < -0.4 is 14.4 Å². The summed E-state index contributed by atoms with van der Waals surface area (Å²) >= 11 is 1.17. The van der Waals surface area contributed by atoms with Gasteiger partial charge in [0, 0.05) is 19.2 Å². The summed E-state index contributed by atoms with van der Waals surface area (Å²) < 4.78 is 37.5. The molecule has 0 bridgehead atoms. The molecule has 2 heterocycles. The normalized spacial score (nSPS) is 11.3. The first-order chi connectivity index (χ1) is 13.8. The molecule has 3 rings (SSSR count). The Hall–Kier alpha value is -2.78. The van der Waals surface area contributed by atoms with Gasteiger partial charge in [0.2, 0.25) is 0 Å². The van der Waals surface area contributed by atoms with Crippen molar-refractivity contribution in [2.45, 2.75) is 24.6 Å². The molecule has 1 N–H and O–H groups in total. The Morgan fingerprint density at radius 3 is 2.52 bits per heavy atom. The van der Waals surface area contributed by atoms with E-state index in [1.165, 1.54) is 22.7 Å². The molecule has 0 fully saturated rings. The van der Waals surface area contributed by atoms with Crippen LogP contribution in [0.25, 0.3) is 0 Å². The molecule has 0 saturated carbocycles. The van der Waals surface area contributed by atoms with E-state index in [0.29, 0.717) is 18.0 Å². The van der Waals surface area contributed by atoms with E-state index < -0.39 is 10.0 Å². The first-order valence-electron chi connectivity index (χ1n) is 8.85. The first kappa shape index (κ1) is 20.9. The molecule has 0 spiro atoms. The number of amides is 1. The van der Waals surface area contributed by atoms with Crippen molar-refractivity contribution in [1.29, 1.82) is 0 Å². The average molecular weight is 435 g/mol. The Bertz CT molecular complexity index is 1070. The van der Waals surface area contributed by atoms with Crippen molar-refractivity contribution in [3.8, 4) is 5.75 Å². The molecule has 0 aliphatic carbocycles. The Morgan fingerprint density at radius 1 is 1.21 bits per heavy atom. The highest BCUT2D eigenvalue weighted by molar-refractivity contribution is 7.94. The number of hydrogen-bond acceptors (Lipinski definition) is 6. The fourth-order valence-electron chi connectivity index (χ4n) is 2.69. The van der Waals surface area contributed by atoms with Gasteiger partial charge >= 0.3 is 0 Å². The molecule has 0 unspecified atom stereocenters. The molecular formula is C20H22N2O5S2. The molecule has 0 aliphatic rings. The van der Waals surface area contributed by atoms with Crippen molar-refractivity contribution in [3.63, 3.8) is 0 Å². The fourth-order valence-corrected chi connectivity index (χ4v) is 5.05. The first-order valence-corrected chi connectivity index (χ1v) is 11.2. The van der Waals surface area contributed by atoms with E-state index in [1.807, 2.05) is 19.9 Å². The predicted molar refractivity (Wildman–Crippen MR) is 112 cm³/mol. The Labute approximate surface area is 174 Å². The number of aryl methyl sites for hydroxylation is 2. The zero-order valence-corrected chi connectivity index (χ0v) is 18.0. The minimum Gasteiger partial charge on any atom is -0.484 e. The van der Waals surface area contributed by atoms with Crippen LogP contribution in [0.15, 0.2) is 56.5 Å². The number of rotatable bonds is 8. The van der Waals surface area contributed by atoms with Crippen LogP contribution >= 0.6 is 11.3 Å². The Balaban J connectivity index is 1.54. The van der Waals surface area contributed by atoms with Gasteiger partial charge in [0.25, 0.3) is 15.9 Å². The van der Waals surface area contributed by atoms with E-state index in [2.05, 4.69) is 5.32 Å². The van der Waals surface area contributed by atoms with Gasteiger partial charge in [-0.3, -0.25) is 9.10 Å². The highest BCUT2D eigenvalue weighted by Gasteiger charge is 2.22. The molecule has 0 saturated heterocycles. The minimum atomic E-state index is -3.58. The predicted octanol–water partition coefficient (Wildman–Crippen LogP) is 3.48. The summed E-state index contributed by atoms with van der Waals surface area (Å²) in [6, 6.07) is 11.7. The van der Waals surface area contributed by atoms with Gasteiger partial charge in [0.1, 0.15) is 21.5 Å². The summed E-state index contributed by atoms with van der Waals surface area (Å²) in [5, 5.41) is 4.50. The molecular weight excluding hydrogens is 412 g/mol. The highest BCUT2D eigenvalue weighted by Crippen LogP contribution is 2.26. The zero-order valence-electron chi connectivity index (χ0n) is 16.3. The van der Waals surface area contributed by atoms with Crippen LogP contribution in [0.4, 0.5) is 5.69 Å². The van der Waals surface area contributed by atoms with Gasteiger partial charge in [0.05, 0.1) is 5.69 Å². The van der Waals surface area contributed by atoms with Crippen molar-refractivity contribution in [3.05, 3.63) is 64.9 Å². The van der Waals surface area contributed by atoms with Crippen LogP contribution in [-0.2, 0) is 21.4 Å². The summed E-state index contributed by atoms with van der Waals surface area (Å²) in [4.78, 5) is 12.0. The van der Waals surface area contributed by atoms with E-state index >= 15 is 0 Å². The molecule has 7 nitrogen and oxygen atoms in total. The van der Waals surface area contributed by atoms with Gasteiger partial charge in [-0.2, -0.15) is 0 Å². The number of carbonyl (C=O) groups excluding carboxylic acids is 1. The molecule has 1 aromatic carbocycles. The number of hydrogen-bond donors (Lipinski definition) is 1. The standard InChI is InChI=1S/C20H22N2O5S2/c1-14-11-16(15(2)27-14)12-21-19(23)13-26-18-8-6-17(7-9-18)22(3)29(24,25)20-5-4-10-28-20/h4-11H,12-13H2,1-3H3,(H,21,23). The second-order valence-corrected chi connectivity index (χ2v) is 9.55. The van der Waals surface area contributed by atoms with Crippen LogP contribution in [0.2, 0.25) is 0 Å². The average Bonchev–Trinajstić information content (AvgIpc) is 3.34. The third-order valence-electron chi connectivity index (χ3n) is 4.30. The van der Waals surface area contributed by atoms with E-state index in [0.717, 1.165) is 17.1 Å². The quantitative estimate of drug-likeness (QED) is 0.586. The zero-order chi connectivity index (χ0) is 21.0. The fraction of sp³-hybridized carbons (Fsp3) is 0.250. The molecule has 9 heteroatoms. The number of carbonyl (C=O) groups is 1. The van der Waals surface area contributed by atoms with Crippen LogP contribution in [0.1, 0.15) is 17.1 Å². The molecule has 2 aromatic heterocycles. The maximum absolute atomic E-state index is 12.6. The lowest BCUT2D eigenvalue weighted by atomic mass is 10.2. The molecule has 0 atom stereocenters.